The van der Waals surface area contributed by atoms with Crippen LogP contribution in [-0.2, 0) is 30.8 Å². The minimum Gasteiger partial charge on any atom is -0.357 e. The lowest BCUT2D eigenvalue weighted by molar-refractivity contribution is -0.117. The smallest absolute Gasteiger partial charge is 0.345 e. The van der Waals surface area contributed by atoms with E-state index in [-0.39, 0.29) is 35.6 Å². The molecule has 9 nitrogen and oxygen atoms in total. The fourth-order valence-electron chi connectivity index (χ4n) is 4.24. The highest BCUT2D eigenvalue weighted by atomic mass is 127. The SMILES string of the molecule is CCNC(=NCc1ccc(N2CCCC2=O)cc1)NCCCn1nc2n(c1=O)CCCC2.I. The second kappa shape index (κ2) is 12.2. The predicted molar refractivity (Wildman–Crippen MR) is 140 cm³/mol. The molecule has 0 spiro atoms. The molecule has 0 atom stereocenters. The van der Waals surface area contributed by atoms with E-state index in [1.807, 2.05) is 40.7 Å². The van der Waals surface area contributed by atoms with E-state index in [2.05, 4.69) is 20.7 Å². The van der Waals surface area contributed by atoms with Gasteiger partial charge >= 0.3 is 5.69 Å². The first-order valence-corrected chi connectivity index (χ1v) is 11.7. The van der Waals surface area contributed by atoms with E-state index in [9.17, 15) is 9.59 Å². The number of halogens is 1. The summed E-state index contributed by atoms with van der Waals surface area (Å²) < 4.78 is 3.41. The molecule has 180 valence electrons. The lowest BCUT2D eigenvalue weighted by Crippen LogP contribution is -2.38. The Bertz CT molecular complexity index is 1010. The summed E-state index contributed by atoms with van der Waals surface area (Å²) in [5.41, 5.74) is 2.06. The van der Waals surface area contributed by atoms with Crippen LogP contribution in [-0.4, -0.2) is 45.8 Å². The van der Waals surface area contributed by atoms with Crippen molar-refractivity contribution in [2.24, 2.45) is 4.99 Å². The van der Waals surface area contributed by atoms with Crippen LogP contribution in [0, 0.1) is 0 Å². The molecule has 10 heteroatoms. The van der Waals surface area contributed by atoms with Crippen molar-refractivity contribution in [2.45, 2.75) is 65.1 Å². The van der Waals surface area contributed by atoms with E-state index >= 15 is 0 Å². The molecule has 4 rings (SSSR count). The molecular weight excluding hydrogens is 533 g/mol. The first kappa shape index (κ1) is 25.3. The number of carbonyl (C=O) groups is 1. The third-order valence-corrected chi connectivity index (χ3v) is 5.96. The van der Waals surface area contributed by atoms with Gasteiger partial charge in [0.25, 0.3) is 0 Å². The van der Waals surface area contributed by atoms with Gasteiger partial charge in [-0.1, -0.05) is 12.1 Å². The van der Waals surface area contributed by atoms with Crippen molar-refractivity contribution in [3.05, 3.63) is 46.1 Å². The molecule has 1 aromatic carbocycles. The molecule has 33 heavy (non-hydrogen) atoms. The number of carbonyl (C=O) groups excluding carboxylic acids is 1. The number of amides is 1. The van der Waals surface area contributed by atoms with Crippen LogP contribution in [0.1, 0.15) is 50.4 Å². The molecular formula is C23H34IN7O2. The zero-order valence-electron chi connectivity index (χ0n) is 19.3. The molecule has 1 saturated heterocycles. The number of rotatable bonds is 8. The second-order valence-electron chi connectivity index (χ2n) is 8.32. The van der Waals surface area contributed by atoms with E-state index in [0.717, 1.165) is 74.8 Å². The number of guanidine groups is 1. The number of benzene rings is 1. The lowest BCUT2D eigenvalue weighted by Gasteiger charge is -2.16. The van der Waals surface area contributed by atoms with Crippen molar-refractivity contribution >= 4 is 41.5 Å². The molecule has 2 aliphatic rings. The van der Waals surface area contributed by atoms with Gasteiger partial charge in [-0.3, -0.25) is 9.36 Å². The number of nitrogens with one attached hydrogen (secondary N) is 2. The number of anilines is 1. The summed E-state index contributed by atoms with van der Waals surface area (Å²) >= 11 is 0. The van der Waals surface area contributed by atoms with Gasteiger partial charge in [0.05, 0.1) is 6.54 Å². The van der Waals surface area contributed by atoms with Crippen LogP contribution in [0.2, 0.25) is 0 Å². The Balaban J connectivity index is 0.00000306. The summed E-state index contributed by atoms with van der Waals surface area (Å²) in [5, 5.41) is 11.1. The predicted octanol–water partition coefficient (Wildman–Crippen LogP) is 2.27. The third kappa shape index (κ3) is 6.36. The van der Waals surface area contributed by atoms with E-state index in [1.54, 1.807) is 4.68 Å². The van der Waals surface area contributed by atoms with Crippen molar-refractivity contribution in [3.63, 3.8) is 0 Å². The maximum Gasteiger partial charge on any atom is 0.345 e. The van der Waals surface area contributed by atoms with Crippen LogP contribution < -0.4 is 21.2 Å². The van der Waals surface area contributed by atoms with Gasteiger partial charge in [0, 0.05) is 51.3 Å². The Kier molecular flexibility index (Phi) is 9.33. The summed E-state index contributed by atoms with van der Waals surface area (Å²) in [6.07, 6.45) is 5.43. The topological polar surface area (TPSA) is 96.6 Å². The lowest BCUT2D eigenvalue weighted by atomic mass is 10.2. The zero-order valence-corrected chi connectivity index (χ0v) is 21.6. The minimum absolute atomic E-state index is 0. The summed E-state index contributed by atoms with van der Waals surface area (Å²) in [5.74, 6) is 1.87. The highest BCUT2D eigenvalue weighted by Crippen LogP contribution is 2.21. The molecule has 2 N–H and O–H groups in total. The first-order valence-electron chi connectivity index (χ1n) is 11.7. The normalized spacial score (nSPS) is 15.8. The number of aryl methyl sites for hydroxylation is 2. The van der Waals surface area contributed by atoms with Gasteiger partial charge in [-0.15, -0.1) is 24.0 Å². The van der Waals surface area contributed by atoms with E-state index < -0.39 is 0 Å². The molecule has 1 amide bonds. The van der Waals surface area contributed by atoms with Gasteiger partial charge in [0.2, 0.25) is 5.91 Å². The molecule has 0 saturated carbocycles. The minimum atomic E-state index is 0. The average Bonchev–Trinajstić information content (AvgIpc) is 3.38. The first-order chi connectivity index (χ1) is 15.7. The van der Waals surface area contributed by atoms with Crippen molar-refractivity contribution in [2.75, 3.05) is 24.5 Å². The number of fused-ring (bicyclic) bond motifs is 1. The van der Waals surface area contributed by atoms with Crippen LogP contribution >= 0.6 is 24.0 Å². The Labute approximate surface area is 211 Å². The number of nitrogens with zero attached hydrogens (tertiary/aromatic N) is 5. The van der Waals surface area contributed by atoms with Gasteiger partial charge in [-0.25, -0.2) is 14.5 Å². The van der Waals surface area contributed by atoms with Crippen molar-refractivity contribution < 1.29 is 4.79 Å². The summed E-state index contributed by atoms with van der Waals surface area (Å²) in [7, 11) is 0. The molecule has 1 fully saturated rings. The monoisotopic (exact) mass is 567 g/mol. The molecule has 2 aliphatic heterocycles. The highest BCUT2D eigenvalue weighted by Gasteiger charge is 2.21. The third-order valence-electron chi connectivity index (χ3n) is 5.96. The Morgan fingerprint density at radius 3 is 2.58 bits per heavy atom. The second-order valence-corrected chi connectivity index (χ2v) is 8.32. The van der Waals surface area contributed by atoms with E-state index in [1.165, 1.54) is 0 Å². The van der Waals surface area contributed by atoms with E-state index in [4.69, 9.17) is 0 Å². The van der Waals surface area contributed by atoms with Crippen LogP contribution in [0.4, 0.5) is 5.69 Å². The van der Waals surface area contributed by atoms with Crippen molar-refractivity contribution in [1.82, 2.24) is 25.0 Å². The summed E-state index contributed by atoms with van der Waals surface area (Å²) in [6.45, 7) is 6.26. The van der Waals surface area contributed by atoms with Crippen molar-refractivity contribution in [1.29, 1.82) is 0 Å². The molecule has 0 aliphatic carbocycles. The summed E-state index contributed by atoms with van der Waals surface area (Å²) in [6, 6.07) is 8.05. The number of aliphatic imine (C=N–C) groups is 1. The Morgan fingerprint density at radius 1 is 1.06 bits per heavy atom. The van der Waals surface area contributed by atoms with Gasteiger partial charge < -0.3 is 15.5 Å². The Morgan fingerprint density at radius 2 is 1.88 bits per heavy atom. The molecule has 2 aromatic rings. The largest absolute Gasteiger partial charge is 0.357 e. The fourth-order valence-corrected chi connectivity index (χ4v) is 4.24. The molecule has 0 radical (unpaired) electrons. The van der Waals surface area contributed by atoms with Gasteiger partial charge in [0.1, 0.15) is 5.82 Å². The van der Waals surface area contributed by atoms with E-state index in [0.29, 0.717) is 26.1 Å². The van der Waals surface area contributed by atoms with Crippen molar-refractivity contribution in [3.8, 4) is 0 Å². The Hall–Kier alpha value is -2.37. The molecule has 3 heterocycles. The quantitative estimate of drug-likeness (QED) is 0.221. The van der Waals surface area contributed by atoms with Crippen LogP contribution in [0.15, 0.2) is 34.1 Å². The molecule has 0 unspecified atom stereocenters. The molecule has 1 aromatic heterocycles. The summed E-state index contributed by atoms with van der Waals surface area (Å²) in [4.78, 5) is 30.8. The average molecular weight is 567 g/mol. The maximum absolute atomic E-state index is 12.4. The number of hydrogen-bond donors (Lipinski definition) is 2. The van der Waals surface area contributed by atoms with Crippen LogP contribution in [0.5, 0.6) is 0 Å². The van der Waals surface area contributed by atoms with Crippen LogP contribution in [0.3, 0.4) is 0 Å². The molecule has 0 bridgehead atoms. The zero-order chi connectivity index (χ0) is 22.3. The van der Waals surface area contributed by atoms with Crippen LogP contribution in [0.25, 0.3) is 0 Å². The number of hydrogen-bond acceptors (Lipinski definition) is 4. The maximum atomic E-state index is 12.4. The van der Waals surface area contributed by atoms with Gasteiger partial charge in [0.15, 0.2) is 5.96 Å². The fraction of sp³-hybridized carbons (Fsp3) is 0.565. The van der Waals surface area contributed by atoms with Gasteiger partial charge in [-0.2, -0.15) is 5.10 Å². The standard InChI is InChI=1S/C23H33N7O2.HI/c1-2-24-22(25-13-6-16-30-23(32)29-14-4-3-7-20(29)27-30)26-17-18-9-11-19(12-10-18)28-15-5-8-21(28)31;/h9-12H,2-8,13-17H2,1H3,(H2,24,25,26);1H. The highest BCUT2D eigenvalue weighted by molar-refractivity contribution is 14.0. The number of aromatic nitrogens is 3. The van der Waals surface area contributed by atoms with Gasteiger partial charge in [-0.05, 0) is 50.3 Å².